The number of hydrogen-bond donors (Lipinski definition) is 1. The summed E-state index contributed by atoms with van der Waals surface area (Å²) in [6.07, 6.45) is 3.79. The van der Waals surface area contributed by atoms with Crippen molar-refractivity contribution in [1.82, 2.24) is 19.5 Å². The van der Waals surface area contributed by atoms with E-state index in [9.17, 15) is 13.6 Å². The van der Waals surface area contributed by atoms with Crippen molar-refractivity contribution in [3.63, 3.8) is 0 Å². The number of pyridine rings is 1. The Bertz CT molecular complexity index is 968. The molecule has 0 radical (unpaired) electrons. The molecule has 1 aliphatic heterocycles. The van der Waals surface area contributed by atoms with E-state index in [2.05, 4.69) is 25.2 Å². The maximum absolute atomic E-state index is 12.3. The van der Waals surface area contributed by atoms with Crippen molar-refractivity contribution < 1.29 is 18.3 Å². The van der Waals surface area contributed by atoms with Crippen molar-refractivity contribution in [3.8, 4) is 5.75 Å². The predicted octanol–water partition coefficient (Wildman–Crippen LogP) is 3.15. The third kappa shape index (κ3) is 4.68. The van der Waals surface area contributed by atoms with Gasteiger partial charge in [0.05, 0.1) is 6.54 Å². The fourth-order valence-corrected chi connectivity index (χ4v) is 3.61. The topological polar surface area (TPSA) is 71.8 Å². The van der Waals surface area contributed by atoms with Crippen LogP contribution in [0.2, 0.25) is 0 Å². The smallest absolute Gasteiger partial charge is 0.387 e. The maximum atomic E-state index is 12.3. The van der Waals surface area contributed by atoms with Crippen molar-refractivity contribution >= 4 is 17.2 Å². The lowest BCUT2D eigenvalue weighted by Crippen LogP contribution is -2.39. The second-order valence-corrected chi connectivity index (χ2v) is 6.99. The van der Waals surface area contributed by atoms with Crippen LogP contribution in [0.25, 0.3) is 5.65 Å². The van der Waals surface area contributed by atoms with E-state index < -0.39 is 6.61 Å². The first-order valence-corrected chi connectivity index (χ1v) is 9.45. The monoisotopic (exact) mass is 401 g/mol. The van der Waals surface area contributed by atoms with Crippen LogP contribution < -0.4 is 10.1 Å². The number of amides is 1. The van der Waals surface area contributed by atoms with Crippen LogP contribution in [-0.2, 0) is 4.79 Å². The standard InChI is InChI=1S/C20H21F2N5O2/c21-20(22)29-16-6-4-15(5-7-16)23-18(28)13-26-11-8-14(9-12-26)19-25-24-17-3-1-2-10-27(17)19/h1-7,10,14,20H,8-9,11-13H2,(H,23,28). The zero-order valence-electron chi connectivity index (χ0n) is 15.7. The molecule has 3 aromatic rings. The van der Waals surface area contributed by atoms with Crippen LogP contribution in [0.1, 0.15) is 24.6 Å². The van der Waals surface area contributed by atoms with Gasteiger partial charge in [0.2, 0.25) is 5.91 Å². The van der Waals surface area contributed by atoms with E-state index in [4.69, 9.17) is 0 Å². The summed E-state index contributed by atoms with van der Waals surface area (Å²) in [5.74, 6) is 1.20. The average Bonchev–Trinajstić information content (AvgIpc) is 3.14. The van der Waals surface area contributed by atoms with Gasteiger partial charge in [-0.2, -0.15) is 8.78 Å². The van der Waals surface area contributed by atoms with Gasteiger partial charge in [-0.1, -0.05) is 6.07 Å². The number of benzene rings is 1. The number of nitrogens with one attached hydrogen (secondary N) is 1. The Hall–Kier alpha value is -3.07. The Morgan fingerprint density at radius 2 is 1.90 bits per heavy atom. The van der Waals surface area contributed by atoms with E-state index >= 15 is 0 Å². The summed E-state index contributed by atoms with van der Waals surface area (Å²) in [5, 5.41) is 11.3. The lowest BCUT2D eigenvalue weighted by Gasteiger charge is -2.30. The summed E-state index contributed by atoms with van der Waals surface area (Å²) in [6, 6.07) is 11.7. The van der Waals surface area contributed by atoms with Gasteiger partial charge < -0.3 is 10.1 Å². The molecule has 4 rings (SSSR count). The van der Waals surface area contributed by atoms with E-state index in [0.717, 1.165) is 37.4 Å². The minimum atomic E-state index is -2.87. The number of alkyl halides is 2. The zero-order chi connectivity index (χ0) is 20.2. The van der Waals surface area contributed by atoms with Crippen molar-refractivity contribution in [2.45, 2.75) is 25.4 Å². The molecule has 0 unspecified atom stereocenters. The normalized spacial score (nSPS) is 15.7. The van der Waals surface area contributed by atoms with Crippen molar-refractivity contribution in [2.24, 2.45) is 0 Å². The minimum absolute atomic E-state index is 0.0566. The van der Waals surface area contributed by atoms with Gasteiger partial charge in [-0.15, -0.1) is 10.2 Å². The highest BCUT2D eigenvalue weighted by Crippen LogP contribution is 2.27. The fourth-order valence-electron chi connectivity index (χ4n) is 3.61. The van der Waals surface area contributed by atoms with Crippen LogP contribution in [0.4, 0.5) is 14.5 Å². The lowest BCUT2D eigenvalue weighted by molar-refractivity contribution is -0.117. The number of rotatable bonds is 6. The van der Waals surface area contributed by atoms with Crippen LogP contribution >= 0.6 is 0 Å². The molecule has 1 aliphatic rings. The highest BCUT2D eigenvalue weighted by molar-refractivity contribution is 5.92. The van der Waals surface area contributed by atoms with Crippen molar-refractivity contribution in [3.05, 3.63) is 54.5 Å². The summed E-state index contributed by atoms with van der Waals surface area (Å²) in [6.45, 7) is -1.00. The summed E-state index contributed by atoms with van der Waals surface area (Å²) in [5.41, 5.74) is 1.38. The molecule has 1 saturated heterocycles. The number of halogens is 2. The molecule has 0 spiro atoms. The SMILES string of the molecule is O=C(CN1CCC(c2nnc3ccccn23)CC1)Nc1ccc(OC(F)F)cc1. The number of fused-ring (bicyclic) bond motifs is 1. The Morgan fingerprint density at radius 1 is 1.14 bits per heavy atom. The minimum Gasteiger partial charge on any atom is -0.435 e. The van der Waals surface area contributed by atoms with Gasteiger partial charge in [0.15, 0.2) is 5.65 Å². The first kappa shape index (κ1) is 19.3. The second kappa shape index (κ2) is 8.52. The molecule has 1 amide bonds. The molecule has 7 nitrogen and oxygen atoms in total. The Kier molecular flexibility index (Phi) is 5.66. The van der Waals surface area contributed by atoms with Crippen LogP contribution in [0.5, 0.6) is 5.75 Å². The highest BCUT2D eigenvalue weighted by atomic mass is 19.3. The first-order valence-electron chi connectivity index (χ1n) is 9.45. The summed E-state index contributed by atoms with van der Waals surface area (Å²) >= 11 is 0. The number of piperidine rings is 1. The summed E-state index contributed by atoms with van der Waals surface area (Å²) in [4.78, 5) is 14.4. The molecule has 152 valence electrons. The first-order chi connectivity index (χ1) is 14.1. The van der Waals surface area contributed by atoms with Gasteiger partial charge in [-0.3, -0.25) is 14.1 Å². The third-order valence-electron chi connectivity index (χ3n) is 5.02. The fraction of sp³-hybridized carbons (Fsp3) is 0.350. The van der Waals surface area contributed by atoms with E-state index in [0.29, 0.717) is 11.6 Å². The van der Waals surface area contributed by atoms with Gasteiger partial charge in [0, 0.05) is 17.8 Å². The molecule has 3 heterocycles. The molecular formula is C20H21F2N5O2. The van der Waals surface area contributed by atoms with Gasteiger partial charge >= 0.3 is 6.61 Å². The van der Waals surface area contributed by atoms with Crippen LogP contribution in [0, 0.1) is 0 Å². The Balaban J connectivity index is 1.27. The molecule has 1 aromatic carbocycles. The molecule has 29 heavy (non-hydrogen) atoms. The van der Waals surface area contributed by atoms with Crippen LogP contribution in [0.3, 0.4) is 0 Å². The molecule has 2 aromatic heterocycles. The van der Waals surface area contributed by atoms with Gasteiger partial charge in [-0.25, -0.2) is 0 Å². The summed E-state index contributed by atoms with van der Waals surface area (Å²) in [7, 11) is 0. The van der Waals surface area contributed by atoms with E-state index in [1.807, 2.05) is 28.8 Å². The zero-order valence-corrected chi connectivity index (χ0v) is 15.7. The molecule has 0 saturated carbocycles. The number of hydrogen-bond acceptors (Lipinski definition) is 5. The third-order valence-corrected chi connectivity index (χ3v) is 5.02. The number of likely N-dealkylation sites (tertiary alicyclic amines) is 1. The second-order valence-electron chi connectivity index (χ2n) is 6.99. The van der Waals surface area contributed by atoms with E-state index in [1.165, 1.54) is 24.3 Å². The lowest BCUT2D eigenvalue weighted by atomic mass is 9.96. The molecule has 0 bridgehead atoms. The molecule has 1 fully saturated rings. The van der Waals surface area contributed by atoms with Gasteiger partial charge in [0.25, 0.3) is 0 Å². The van der Waals surface area contributed by atoms with Gasteiger partial charge in [-0.05, 0) is 62.3 Å². The average molecular weight is 401 g/mol. The number of anilines is 1. The van der Waals surface area contributed by atoms with Gasteiger partial charge in [0.1, 0.15) is 11.6 Å². The van der Waals surface area contributed by atoms with Crippen LogP contribution in [0.15, 0.2) is 48.7 Å². The molecular weight excluding hydrogens is 380 g/mol. The Morgan fingerprint density at radius 3 is 2.62 bits per heavy atom. The van der Waals surface area contributed by atoms with E-state index in [1.54, 1.807) is 0 Å². The molecule has 0 aliphatic carbocycles. The number of carbonyl (C=O) groups is 1. The van der Waals surface area contributed by atoms with Crippen LogP contribution in [-0.4, -0.2) is 51.7 Å². The van der Waals surface area contributed by atoms with Crippen molar-refractivity contribution in [1.29, 1.82) is 0 Å². The van der Waals surface area contributed by atoms with Crippen molar-refractivity contribution in [2.75, 3.05) is 25.0 Å². The number of nitrogens with zero attached hydrogens (tertiary/aromatic N) is 4. The number of aromatic nitrogens is 3. The summed E-state index contributed by atoms with van der Waals surface area (Å²) < 4.78 is 30.7. The highest BCUT2D eigenvalue weighted by Gasteiger charge is 2.25. The molecule has 9 heteroatoms. The molecule has 1 N–H and O–H groups in total. The molecule has 0 atom stereocenters. The number of ether oxygens (including phenoxy) is 1. The maximum Gasteiger partial charge on any atom is 0.387 e. The quantitative estimate of drug-likeness (QED) is 0.687. The largest absolute Gasteiger partial charge is 0.435 e. The Labute approximate surface area is 166 Å². The predicted molar refractivity (Wildman–Crippen MR) is 103 cm³/mol. The number of carbonyl (C=O) groups excluding carboxylic acids is 1. The van der Waals surface area contributed by atoms with E-state index in [-0.39, 0.29) is 18.2 Å².